The van der Waals surface area contributed by atoms with Crippen LogP contribution in [0.2, 0.25) is 0 Å². The largest absolute Gasteiger partial charge is 0.312 e. The summed E-state index contributed by atoms with van der Waals surface area (Å²) in [4.78, 5) is 6.03. The maximum Gasteiger partial charge on any atom is 0.134 e. The second kappa shape index (κ2) is 5.65. The van der Waals surface area contributed by atoms with E-state index in [1.807, 2.05) is 0 Å². The van der Waals surface area contributed by atoms with Crippen molar-refractivity contribution in [1.82, 2.24) is 10.3 Å². The number of thiophene rings is 1. The molecule has 0 amide bonds. The lowest BCUT2D eigenvalue weighted by molar-refractivity contribution is 0.644. The van der Waals surface area contributed by atoms with Crippen molar-refractivity contribution in [3.05, 3.63) is 50.6 Å². The van der Waals surface area contributed by atoms with E-state index in [0.717, 1.165) is 34.7 Å². The summed E-state index contributed by atoms with van der Waals surface area (Å²) in [6.45, 7) is 2.06. The van der Waals surface area contributed by atoms with E-state index in [0.29, 0.717) is 0 Å². The van der Waals surface area contributed by atoms with Crippen LogP contribution in [0, 0.1) is 0 Å². The first-order valence-corrected chi connectivity index (χ1v) is 9.38. The van der Waals surface area contributed by atoms with E-state index in [2.05, 4.69) is 56.3 Å². The predicted molar refractivity (Wildman–Crippen MR) is 94.0 cm³/mol. The number of thiazole rings is 1. The van der Waals surface area contributed by atoms with E-state index in [4.69, 9.17) is 4.98 Å². The van der Waals surface area contributed by atoms with Crippen LogP contribution in [0.25, 0.3) is 21.1 Å². The van der Waals surface area contributed by atoms with Crippen molar-refractivity contribution in [3.63, 3.8) is 0 Å². The standard InChI is InChI=1S/C16H13BrN2S2/c17-13-6-15(20-8-13)16-19-14(9-21-16)11-1-2-12-7-18-4-3-10(12)5-11/h1-2,5-6,8-9,18H,3-4,7H2. The van der Waals surface area contributed by atoms with Crippen LogP contribution in [0.5, 0.6) is 0 Å². The molecule has 1 aromatic carbocycles. The monoisotopic (exact) mass is 376 g/mol. The molecule has 2 aromatic heterocycles. The minimum absolute atomic E-state index is 0.987. The van der Waals surface area contributed by atoms with Gasteiger partial charge in [0.2, 0.25) is 0 Å². The zero-order chi connectivity index (χ0) is 14.2. The lowest BCUT2D eigenvalue weighted by atomic mass is 9.98. The molecule has 0 bridgehead atoms. The highest BCUT2D eigenvalue weighted by Crippen LogP contribution is 2.34. The lowest BCUT2D eigenvalue weighted by Crippen LogP contribution is -2.23. The summed E-state index contributed by atoms with van der Waals surface area (Å²) in [5.41, 5.74) is 5.19. The lowest BCUT2D eigenvalue weighted by Gasteiger charge is -2.17. The minimum Gasteiger partial charge on any atom is -0.312 e. The fourth-order valence-corrected chi connectivity index (χ4v) is 4.92. The molecule has 1 N–H and O–H groups in total. The smallest absolute Gasteiger partial charge is 0.134 e. The van der Waals surface area contributed by atoms with Crippen molar-refractivity contribution < 1.29 is 0 Å². The zero-order valence-electron chi connectivity index (χ0n) is 11.2. The van der Waals surface area contributed by atoms with Crippen molar-refractivity contribution in [3.8, 4) is 21.1 Å². The van der Waals surface area contributed by atoms with Crippen molar-refractivity contribution in [2.75, 3.05) is 6.54 Å². The Morgan fingerprint density at radius 2 is 2.05 bits per heavy atom. The molecule has 3 aromatic rings. The van der Waals surface area contributed by atoms with Gasteiger partial charge in [-0.05, 0) is 52.2 Å². The van der Waals surface area contributed by atoms with Crippen molar-refractivity contribution in [2.45, 2.75) is 13.0 Å². The Labute approximate surface area is 140 Å². The number of fused-ring (bicyclic) bond motifs is 1. The van der Waals surface area contributed by atoms with Crippen LogP contribution >= 0.6 is 38.6 Å². The molecule has 0 saturated heterocycles. The second-order valence-corrected chi connectivity index (χ2v) is 7.76. The molecule has 21 heavy (non-hydrogen) atoms. The van der Waals surface area contributed by atoms with E-state index in [1.165, 1.54) is 21.6 Å². The van der Waals surface area contributed by atoms with E-state index in [1.54, 1.807) is 22.7 Å². The van der Waals surface area contributed by atoms with Gasteiger partial charge in [-0.2, -0.15) is 0 Å². The van der Waals surface area contributed by atoms with Crippen molar-refractivity contribution in [2.24, 2.45) is 0 Å². The van der Waals surface area contributed by atoms with Gasteiger partial charge in [0.1, 0.15) is 5.01 Å². The Balaban J connectivity index is 1.69. The Kier molecular flexibility index (Phi) is 3.67. The van der Waals surface area contributed by atoms with Gasteiger partial charge in [0.15, 0.2) is 0 Å². The number of aromatic nitrogens is 1. The summed E-state index contributed by atoms with van der Waals surface area (Å²) in [7, 11) is 0. The number of nitrogens with zero attached hydrogens (tertiary/aromatic N) is 1. The van der Waals surface area contributed by atoms with Crippen LogP contribution in [-0.4, -0.2) is 11.5 Å². The van der Waals surface area contributed by atoms with E-state index in [9.17, 15) is 0 Å². The Hall–Kier alpha value is -1.01. The summed E-state index contributed by atoms with van der Waals surface area (Å²) < 4.78 is 1.13. The molecule has 5 heteroatoms. The quantitative estimate of drug-likeness (QED) is 0.684. The first kappa shape index (κ1) is 13.6. The third-order valence-corrected chi connectivity index (χ3v) is 6.37. The van der Waals surface area contributed by atoms with Crippen LogP contribution in [0.15, 0.2) is 39.5 Å². The number of benzene rings is 1. The van der Waals surface area contributed by atoms with Gasteiger partial charge in [-0.15, -0.1) is 22.7 Å². The van der Waals surface area contributed by atoms with Gasteiger partial charge in [0.05, 0.1) is 10.6 Å². The Bertz CT molecular complexity index is 791. The fourth-order valence-electron chi connectivity index (χ4n) is 2.58. The average molecular weight is 377 g/mol. The highest BCUT2D eigenvalue weighted by atomic mass is 79.9. The highest BCUT2D eigenvalue weighted by Gasteiger charge is 2.12. The molecule has 0 radical (unpaired) electrons. The topological polar surface area (TPSA) is 24.9 Å². The molecule has 0 fully saturated rings. The van der Waals surface area contributed by atoms with Crippen molar-refractivity contribution >= 4 is 38.6 Å². The van der Waals surface area contributed by atoms with Gasteiger partial charge in [0.25, 0.3) is 0 Å². The van der Waals surface area contributed by atoms with Crippen molar-refractivity contribution in [1.29, 1.82) is 0 Å². The van der Waals surface area contributed by atoms with Gasteiger partial charge >= 0.3 is 0 Å². The van der Waals surface area contributed by atoms with Gasteiger partial charge in [-0.1, -0.05) is 12.1 Å². The molecular formula is C16H13BrN2S2. The van der Waals surface area contributed by atoms with E-state index in [-0.39, 0.29) is 0 Å². The molecule has 0 aliphatic carbocycles. The molecule has 3 heterocycles. The van der Waals surface area contributed by atoms with E-state index < -0.39 is 0 Å². The second-order valence-electron chi connectivity index (χ2n) is 5.08. The Morgan fingerprint density at radius 1 is 1.10 bits per heavy atom. The van der Waals surface area contributed by atoms with Crippen LogP contribution in [0.4, 0.5) is 0 Å². The molecule has 0 saturated carbocycles. The maximum absolute atomic E-state index is 4.81. The van der Waals surface area contributed by atoms with Gasteiger partial charge < -0.3 is 5.32 Å². The van der Waals surface area contributed by atoms with Crippen LogP contribution in [0.3, 0.4) is 0 Å². The molecule has 1 aliphatic rings. The average Bonchev–Trinajstić information content (AvgIpc) is 3.15. The number of hydrogen-bond donors (Lipinski definition) is 1. The molecule has 106 valence electrons. The molecule has 1 aliphatic heterocycles. The molecule has 0 spiro atoms. The van der Waals surface area contributed by atoms with Gasteiger partial charge in [-0.3, -0.25) is 0 Å². The first-order valence-electron chi connectivity index (χ1n) is 6.82. The summed E-state index contributed by atoms with van der Waals surface area (Å²) >= 11 is 6.94. The van der Waals surface area contributed by atoms with Gasteiger partial charge in [0, 0.05) is 27.3 Å². The van der Waals surface area contributed by atoms with Gasteiger partial charge in [-0.25, -0.2) is 4.98 Å². The summed E-state index contributed by atoms with van der Waals surface area (Å²) in [5, 5.41) is 8.77. The highest BCUT2D eigenvalue weighted by molar-refractivity contribution is 9.10. The van der Waals surface area contributed by atoms with E-state index >= 15 is 0 Å². The summed E-state index contributed by atoms with van der Waals surface area (Å²) in [6, 6.07) is 8.86. The number of rotatable bonds is 2. The number of nitrogens with one attached hydrogen (secondary N) is 1. The normalized spacial score (nSPS) is 14.1. The van der Waals surface area contributed by atoms with Crippen LogP contribution in [-0.2, 0) is 13.0 Å². The zero-order valence-corrected chi connectivity index (χ0v) is 14.4. The van der Waals surface area contributed by atoms with Crippen LogP contribution in [0.1, 0.15) is 11.1 Å². The molecule has 2 nitrogen and oxygen atoms in total. The third-order valence-electron chi connectivity index (χ3n) is 3.67. The molecular weight excluding hydrogens is 364 g/mol. The molecule has 0 unspecified atom stereocenters. The maximum atomic E-state index is 4.81. The summed E-state index contributed by atoms with van der Waals surface area (Å²) in [5.74, 6) is 0. The molecule has 0 atom stereocenters. The number of halogens is 1. The third kappa shape index (κ3) is 2.71. The number of hydrogen-bond acceptors (Lipinski definition) is 4. The minimum atomic E-state index is 0.987. The first-order chi connectivity index (χ1) is 10.3. The Morgan fingerprint density at radius 3 is 2.90 bits per heavy atom. The SMILES string of the molecule is Brc1csc(-c2nc(-c3ccc4c(c3)CCNC4)cs2)c1. The summed E-state index contributed by atoms with van der Waals surface area (Å²) in [6.07, 6.45) is 1.11. The van der Waals surface area contributed by atoms with Crippen LogP contribution < -0.4 is 5.32 Å². The fraction of sp³-hybridized carbons (Fsp3) is 0.188. The molecule has 4 rings (SSSR count). The predicted octanol–water partition coefficient (Wildman–Crippen LogP) is 4.95.